The first-order valence-corrected chi connectivity index (χ1v) is 8.92. The Hall–Kier alpha value is -2.40. The minimum absolute atomic E-state index is 0.0264. The van der Waals surface area contributed by atoms with E-state index in [1.807, 2.05) is 6.92 Å². The molecule has 2 aromatic heterocycles. The van der Waals surface area contributed by atoms with Crippen LogP contribution in [0.3, 0.4) is 0 Å². The van der Waals surface area contributed by atoms with Crippen molar-refractivity contribution in [3.63, 3.8) is 0 Å². The van der Waals surface area contributed by atoms with Gasteiger partial charge in [-0.2, -0.15) is 0 Å². The van der Waals surface area contributed by atoms with E-state index < -0.39 is 0 Å². The summed E-state index contributed by atoms with van der Waals surface area (Å²) in [6, 6.07) is 9.03. The normalized spacial score (nSPS) is 15.0. The Morgan fingerprint density at radius 3 is 2.88 bits per heavy atom. The molecule has 0 saturated carbocycles. The Morgan fingerprint density at radius 2 is 2.08 bits per heavy atom. The molecule has 25 heavy (non-hydrogen) atoms. The summed E-state index contributed by atoms with van der Waals surface area (Å²) < 4.78 is 2.34. The van der Waals surface area contributed by atoms with Crippen LogP contribution in [-0.4, -0.2) is 26.0 Å². The zero-order valence-electron chi connectivity index (χ0n) is 15.0. The van der Waals surface area contributed by atoms with Gasteiger partial charge in [0.2, 0.25) is 0 Å². The number of H-pyrrole nitrogens is 1. The summed E-state index contributed by atoms with van der Waals surface area (Å²) in [7, 11) is 0. The summed E-state index contributed by atoms with van der Waals surface area (Å²) in [6.45, 7) is 8.78. The van der Waals surface area contributed by atoms with E-state index in [4.69, 9.17) is 0 Å². The topological polar surface area (TPSA) is 53.9 Å². The lowest BCUT2D eigenvalue weighted by atomic mass is 10.1. The van der Waals surface area contributed by atoms with Gasteiger partial charge in [0.15, 0.2) is 0 Å². The third kappa shape index (κ3) is 2.89. The molecular formula is C20H24N4O. The second-order valence-electron chi connectivity index (χ2n) is 7.21. The summed E-state index contributed by atoms with van der Waals surface area (Å²) in [5, 5.41) is 1.32. The van der Waals surface area contributed by atoms with Crippen molar-refractivity contribution in [3.8, 4) is 0 Å². The SMILES string of the molecule is Cc1nc2c(c(=O)[nH]1)CCN(Cc1cn(C(C)C)c3ccccc13)C2. The molecule has 0 amide bonds. The van der Waals surface area contributed by atoms with Crippen LogP contribution in [0.1, 0.15) is 42.5 Å². The van der Waals surface area contributed by atoms with Crippen molar-refractivity contribution in [2.75, 3.05) is 6.54 Å². The molecule has 1 aromatic carbocycles. The van der Waals surface area contributed by atoms with Gasteiger partial charge in [0.25, 0.3) is 5.56 Å². The lowest BCUT2D eigenvalue weighted by Gasteiger charge is -2.27. The van der Waals surface area contributed by atoms with Gasteiger partial charge in [-0.1, -0.05) is 18.2 Å². The van der Waals surface area contributed by atoms with E-state index in [2.05, 4.69) is 63.7 Å². The van der Waals surface area contributed by atoms with Gasteiger partial charge in [-0.15, -0.1) is 0 Å². The lowest BCUT2D eigenvalue weighted by Crippen LogP contribution is -2.35. The number of hydrogen-bond acceptors (Lipinski definition) is 3. The fraction of sp³-hybridized carbons (Fsp3) is 0.400. The van der Waals surface area contributed by atoms with Crippen LogP contribution in [0.15, 0.2) is 35.3 Å². The number of hydrogen-bond donors (Lipinski definition) is 1. The molecule has 0 saturated heterocycles. The quantitative estimate of drug-likeness (QED) is 0.799. The van der Waals surface area contributed by atoms with Crippen molar-refractivity contribution in [2.24, 2.45) is 0 Å². The number of aromatic amines is 1. The van der Waals surface area contributed by atoms with E-state index in [9.17, 15) is 4.79 Å². The fourth-order valence-corrected chi connectivity index (χ4v) is 3.82. The first-order chi connectivity index (χ1) is 12.0. The number of nitrogens with one attached hydrogen (secondary N) is 1. The molecular weight excluding hydrogens is 312 g/mol. The van der Waals surface area contributed by atoms with Gasteiger partial charge in [-0.25, -0.2) is 4.98 Å². The molecule has 0 radical (unpaired) electrons. The third-order valence-corrected chi connectivity index (χ3v) is 5.04. The smallest absolute Gasteiger partial charge is 0.254 e. The molecule has 1 aliphatic rings. The van der Waals surface area contributed by atoms with Gasteiger partial charge in [-0.3, -0.25) is 9.69 Å². The number of fused-ring (bicyclic) bond motifs is 2. The average molecular weight is 336 g/mol. The Kier molecular flexibility index (Phi) is 3.96. The molecule has 0 atom stereocenters. The van der Waals surface area contributed by atoms with Crippen molar-refractivity contribution in [1.29, 1.82) is 0 Å². The average Bonchev–Trinajstić information content (AvgIpc) is 2.93. The molecule has 0 bridgehead atoms. The van der Waals surface area contributed by atoms with Crippen molar-refractivity contribution >= 4 is 10.9 Å². The number of aromatic nitrogens is 3. The molecule has 3 heterocycles. The van der Waals surface area contributed by atoms with Crippen molar-refractivity contribution in [3.05, 3.63) is 63.5 Å². The highest BCUT2D eigenvalue weighted by Crippen LogP contribution is 2.27. The number of aryl methyl sites for hydroxylation is 1. The highest BCUT2D eigenvalue weighted by Gasteiger charge is 2.22. The first kappa shape index (κ1) is 16.1. The number of para-hydroxylation sites is 1. The van der Waals surface area contributed by atoms with E-state index in [0.29, 0.717) is 11.9 Å². The van der Waals surface area contributed by atoms with E-state index in [1.165, 1.54) is 16.5 Å². The van der Waals surface area contributed by atoms with Crippen LogP contribution in [0.5, 0.6) is 0 Å². The second kappa shape index (κ2) is 6.15. The molecule has 130 valence electrons. The van der Waals surface area contributed by atoms with Crippen LogP contribution in [0.4, 0.5) is 0 Å². The molecule has 1 N–H and O–H groups in total. The van der Waals surface area contributed by atoms with Crippen molar-refractivity contribution in [2.45, 2.75) is 46.3 Å². The fourth-order valence-electron chi connectivity index (χ4n) is 3.82. The van der Waals surface area contributed by atoms with Gasteiger partial charge in [0, 0.05) is 48.3 Å². The molecule has 5 heteroatoms. The predicted molar refractivity (Wildman–Crippen MR) is 99.7 cm³/mol. The van der Waals surface area contributed by atoms with Gasteiger partial charge < -0.3 is 9.55 Å². The molecule has 4 rings (SSSR count). The van der Waals surface area contributed by atoms with Crippen LogP contribution < -0.4 is 5.56 Å². The standard InChI is InChI=1S/C20H24N4O/c1-13(2)24-11-15(16-6-4-5-7-19(16)24)10-23-9-8-17-18(12-23)21-14(3)22-20(17)25/h4-7,11,13H,8-10,12H2,1-3H3,(H,21,22,25). The molecule has 0 spiro atoms. The third-order valence-electron chi connectivity index (χ3n) is 5.04. The second-order valence-corrected chi connectivity index (χ2v) is 7.21. The molecule has 0 fully saturated rings. The van der Waals surface area contributed by atoms with Crippen LogP contribution in [0.25, 0.3) is 10.9 Å². The highest BCUT2D eigenvalue weighted by molar-refractivity contribution is 5.84. The van der Waals surface area contributed by atoms with Crippen molar-refractivity contribution < 1.29 is 0 Å². The summed E-state index contributed by atoms with van der Waals surface area (Å²) in [4.78, 5) is 21.8. The number of nitrogens with zero attached hydrogens (tertiary/aromatic N) is 3. The van der Waals surface area contributed by atoms with E-state index in [1.54, 1.807) is 0 Å². The minimum atomic E-state index is 0.0264. The van der Waals surface area contributed by atoms with Gasteiger partial charge in [-0.05, 0) is 38.8 Å². The van der Waals surface area contributed by atoms with E-state index >= 15 is 0 Å². The first-order valence-electron chi connectivity index (χ1n) is 8.92. The summed E-state index contributed by atoms with van der Waals surface area (Å²) in [6.07, 6.45) is 3.04. The monoisotopic (exact) mass is 336 g/mol. The Morgan fingerprint density at radius 1 is 1.28 bits per heavy atom. The lowest BCUT2D eigenvalue weighted by molar-refractivity contribution is 0.241. The Balaban J connectivity index is 1.65. The number of benzene rings is 1. The molecule has 5 nitrogen and oxygen atoms in total. The van der Waals surface area contributed by atoms with Gasteiger partial charge >= 0.3 is 0 Å². The Bertz CT molecular complexity index is 983. The maximum absolute atomic E-state index is 12.1. The van der Waals surface area contributed by atoms with Crippen LogP contribution in [0, 0.1) is 6.92 Å². The summed E-state index contributed by atoms with van der Waals surface area (Å²) >= 11 is 0. The van der Waals surface area contributed by atoms with Crippen molar-refractivity contribution in [1.82, 2.24) is 19.4 Å². The maximum Gasteiger partial charge on any atom is 0.254 e. The molecule has 1 aliphatic heterocycles. The van der Waals surface area contributed by atoms with Crippen LogP contribution in [0.2, 0.25) is 0 Å². The molecule has 0 aliphatic carbocycles. The maximum atomic E-state index is 12.1. The Labute approximate surface area is 147 Å². The van der Waals surface area contributed by atoms with E-state index in [-0.39, 0.29) is 5.56 Å². The highest BCUT2D eigenvalue weighted by atomic mass is 16.1. The molecule has 0 unspecified atom stereocenters. The largest absolute Gasteiger partial charge is 0.345 e. The van der Waals surface area contributed by atoms with Crippen LogP contribution in [-0.2, 0) is 19.5 Å². The number of rotatable bonds is 3. The van der Waals surface area contributed by atoms with Crippen LogP contribution >= 0.6 is 0 Å². The zero-order valence-corrected chi connectivity index (χ0v) is 15.0. The summed E-state index contributed by atoms with van der Waals surface area (Å²) in [5.41, 5.74) is 4.44. The van der Waals surface area contributed by atoms with Gasteiger partial charge in [0.05, 0.1) is 5.69 Å². The summed E-state index contributed by atoms with van der Waals surface area (Å²) in [5.74, 6) is 0.696. The minimum Gasteiger partial charge on any atom is -0.345 e. The molecule has 3 aromatic rings. The zero-order chi connectivity index (χ0) is 17.6. The van der Waals surface area contributed by atoms with Gasteiger partial charge in [0.1, 0.15) is 5.82 Å². The van der Waals surface area contributed by atoms with E-state index in [0.717, 1.165) is 37.3 Å². The predicted octanol–water partition coefficient (Wildman–Crippen LogP) is 3.17.